The van der Waals surface area contributed by atoms with Crippen molar-refractivity contribution in [2.24, 2.45) is 0 Å². The van der Waals surface area contributed by atoms with Gasteiger partial charge in [0.05, 0.1) is 0 Å². The van der Waals surface area contributed by atoms with E-state index in [0.29, 0.717) is 0 Å². The van der Waals surface area contributed by atoms with E-state index in [1.807, 2.05) is 0 Å². The van der Waals surface area contributed by atoms with Crippen molar-refractivity contribution in [2.45, 2.75) is 0 Å². The molecule has 0 atom stereocenters. The van der Waals surface area contributed by atoms with Crippen LogP contribution in [0.4, 0.5) is 0 Å². The Balaban J connectivity index is -0.0000000267. The van der Waals surface area contributed by atoms with Crippen molar-refractivity contribution in [1.29, 1.82) is 0 Å². The standard InChI is InChI=1S/Mg.H3O4P.H4Si.Sr.4H/c;1-5(2,3)4;;;;;;/h;(H3,1,2,3,4);1H4;;;;;. The van der Waals surface area contributed by atoms with Crippen molar-refractivity contribution >= 4 is 87.3 Å². The van der Waals surface area contributed by atoms with Gasteiger partial charge in [-0.05, 0) is 11.0 Å². The van der Waals surface area contributed by atoms with Gasteiger partial charge in [-0.2, -0.15) is 0 Å². The Hall–Kier alpha value is 2.57. The van der Waals surface area contributed by atoms with Crippen LogP contribution in [-0.2, 0) is 4.57 Å². The Morgan fingerprint density at radius 1 is 1.12 bits per heavy atom. The van der Waals surface area contributed by atoms with Gasteiger partial charge in [-0.1, -0.05) is 0 Å². The molecule has 0 bridgehead atoms. The predicted molar refractivity (Wildman–Crippen MR) is 42.7 cm³/mol. The van der Waals surface area contributed by atoms with Gasteiger partial charge in [0.25, 0.3) is 0 Å². The fourth-order valence-electron chi connectivity index (χ4n) is 0. The summed E-state index contributed by atoms with van der Waals surface area (Å²) in [7, 11) is -4.64. The van der Waals surface area contributed by atoms with E-state index in [9.17, 15) is 0 Å². The van der Waals surface area contributed by atoms with E-state index in [1.165, 1.54) is 0 Å². The molecule has 0 rings (SSSR count). The second-order valence-corrected chi connectivity index (χ2v) is 1.54. The first-order chi connectivity index (χ1) is 2.00. The third kappa shape index (κ3) is 74.2. The van der Waals surface area contributed by atoms with E-state index in [0.717, 1.165) is 0 Å². The summed E-state index contributed by atoms with van der Waals surface area (Å²) in [5.41, 5.74) is 0. The maximum atomic E-state index is 8.88. The SMILES string of the molecule is O=P(O)(O)O.[MgH2].[SiH4].[SrH2]. The summed E-state index contributed by atoms with van der Waals surface area (Å²) in [4.78, 5) is 21.6. The fraction of sp³-hybridized carbons (Fsp3) is 0. The molecule has 0 spiro atoms. The maximum absolute atomic E-state index is 8.88. The number of phosphoric acid groups is 1. The monoisotopic (exact) mass is 246 g/mol. The molecule has 4 nitrogen and oxygen atoms in total. The second-order valence-electron chi connectivity index (χ2n) is 0.513. The first kappa shape index (κ1) is 22.4. The quantitative estimate of drug-likeness (QED) is 0.299. The van der Waals surface area contributed by atoms with Gasteiger partial charge in [0, 0.05) is 0 Å². The molecular weight excluding hydrogens is 235 g/mol. The molecule has 0 aliphatic rings. The van der Waals surface area contributed by atoms with E-state index < -0.39 is 7.82 Å². The zero-order chi connectivity index (χ0) is 4.50. The molecule has 0 unspecified atom stereocenters. The number of rotatable bonds is 0. The molecule has 0 saturated carbocycles. The van der Waals surface area contributed by atoms with Crippen molar-refractivity contribution in [3.63, 3.8) is 0 Å². The summed E-state index contributed by atoms with van der Waals surface area (Å²) in [6.07, 6.45) is 0. The van der Waals surface area contributed by atoms with Crippen LogP contribution in [0.1, 0.15) is 0 Å². The molecule has 0 aromatic carbocycles. The van der Waals surface area contributed by atoms with Crippen LogP contribution in [0.25, 0.3) is 0 Å². The predicted octanol–water partition coefficient (Wildman–Crippen LogP) is -4.21. The van der Waals surface area contributed by atoms with Gasteiger partial charge < -0.3 is 14.7 Å². The van der Waals surface area contributed by atoms with E-state index >= 15 is 0 Å². The molecule has 0 amide bonds. The van der Waals surface area contributed by atoms with Crippen LogP contribution in [0.3, 0.4) is 0 Å². The van der Waals surface area contributed by atoms with Crippen LogP contribution >= 0.6 is 7.82 Å². The van der Waals surface area contributed by atoms with E-state index in [-0.39, 0.29) is 79.5 Å². The molecule has 0 aliphatic carbocycles. The summed E-state index contributed by atoms with van der Waals surface area (Å²) in [5.74, 6) is 0. The summed E-state index contributed by atoms with van der Waals surface area (Å²) in [6.45, 7) is 0. The van der Waals surface area contributed by atoms with Gasteiger partial charge in [-0.15, -0.1) is 0 Å². The van der Waals surface area contributed by atoms with E-state index in [4.69, 9.17) is 19.2 Å². The first-order valence-corrected chi connectivity index (χ1v) is 2.35. The molecule has 0 heterocycles. The van der Waals surface area contributed by atoms with Gasteiger partial charge in [0.2, 0.25) is 0 Å². The van der Waals surface area contributed by atoms with Crippen LogP contribution < -0.4 is 0 Å². The van der Waals surface area contributed by atoms with Crippen LogP contribution in [-0.4, -0.2) is 94.2 Å². The Morgan fingerprint density at radius 3 is 1.12 bits per heavy atom. The molecule has 0 radical (unpaired) electrons. The van der Waals surface area contributed by atoms with Crippen molar-refractivity contribution in [2.75, 3.05) is 0 Å². The Bertz CT molecular complexity index is 62.2. The zero-order valence-corrected chi connectivity index (χ0v) is 3.09. The van der Waals surface area contributed by atoms with Gasteiger partial charge in [0.15, 0.2) is 0 Å². The third-order valence-electron chi connectivity index (χ3n) is 0. The first-order valence-electron chi connectivity index (χ1n) is 0.783. The molecule has 48 valence electrons. The van der Waals surface area contributed by atoms with Crippen LogP contribution in [0, 0.1) is 0 Å². The van der Waals surface area contributed by atoms with Crippen molar-refractivity contribution in [3.8, 4) is 0 Å². The molecule has 8 heavy (non-hydrogen) atoms. The summed E-state index contributed by atoms with van der Waals surface area (Å²) >= 11 is 0. The Kier molecular flexibility index (Phi) is 26.8. The van der Waals surface area contributed by atoms with Crippen molar-refractivity contribution in [3.05, 3.63) is 0 Å². The fourth-order valence-corrected chi connectivity index (χ4v) is 0. The third-order valence-corrected chi connectivity index (χ3v) is 0. The molecule has 3 N–H and O–H groups in total. The molecule has 0 saturated heterocycles. The van der Waals surface area contributed by atoms with Crippen LogP contribution in [0.2, 0.25) is 0 Å². The van der Waals surface area contributed by atoms with Crippen LogP contribution in [0.15, 0.2) is 0 Å². The van der Waals surface area contributed by atoms with Gasteiger partial charge in [-0.25, -0.2) is 4.57 Å². The summed E-state index contributed by atoms with van der Waals surface area (Å²) < 4.78 is 8.88. The summed E-state index contributed by atoms with van der Waals surface area (Å²) in [5, 5.41) is 0. The molecule has 8 heteroatoms. The van der Waals surface area contributed by atoms with Gasteiger partial charge in [-0.3, -0.25) is 0 Å². The van der Waals surface area contributed by atoms with Crippen molar-refractivity contribution < 1.29 is 19.2 Å². The average molecular weight is 246 g/mol. The summed E-state index contributed by atoms with van der Waals surface area (Å²) in [6, 6.07) is 0. The molecule has 0 aromatic heterocycles. The second kappa shape index (κ2) is 9.57. The van der Waals surface area contributed by atoms with E-state index in [2.05, 4.69) is 0 Å². The molecule has 0 aromatic rings. The molecular formula is H11MgO4PSiSr. The minimum atomic E-state index is -4.64. The van der Waals surface area contributed by atoms with Crippen LogP contribution in [0.5, 0.6) is 0 Å². The Morgan fingerprint density at radius 2 is 1.12 bits per heavy atom. The Labute approximate surface area is 105 Å². The zero-order valence-electron chi connectivity index (χ0n) is 2.20. The normalized spacial score (nSPS) is 7.38. The molecule has 0 aliphatic heterocycles. The van der Waals surface area contributed by atoms with Gasteiger partial charge in [0.1, 0.15) is 0 Å². The molecule has 0 fully saturated rings. The van der Waals surface area contributed by atoms with Crippen molar-refractivity contribution in [1.82, 2.24) is 0 Å². The number of hydrogen-bond donors (Lipinski definition) is 3. The average Bonchev–Trinajstić information content (AvgIpc) is 0.722. The van der Waals surface area contributed by atoms with Gasteiger partial charge >= 0.3 is 76.4 Å². The van der Waals surface area contributed by atoms with E-state index in [1.54, 1.807) is 0 Å². The number of hydrogen-bond acceptors (Lipinski definition) is 1. The minimum absolute atomic E-state index is 0. The topological polar surface area (TPSA) is 77.8 Å².